The molecule has 0 bridgehead atoms. The highest BCUT2D eigenvalue weighted by atomic mass is 16.1. The Morgan fingerprint density at radius 3 is 1.00 bits per heavy atom. The summed E-state index contributed by atoms with van der Waals surface area (Å²) in [6.07, 6.45) is 39.8. The lowest BCUT2D eigenvalue weighted by Gasteiger charge is -2.05. The normalized spacial score (nSPS) is 11.7. The van der Waals surface area contributed by atoms with E-state index in [4.69, 9.17) is 0 Å². The van der Waals surface area contributed by atoms with Crippen LogP contribution < -0.4 is 0 Å². The molecule has 0 aliphatic carbocycles. The molecule has 0 saturated carbocycles. The predicted octanol–water partition coefficient (Wildman–Crippen LogP) is 13.0. The molecule has 37 heavy (non-hydrogen) atoms. The summed E-state index contributed by atoms with van der Waals surface area (Å²) in [7, 11) is 0. The van der Waals surface area contributed by atoms with E-state index in [-0.39, 0.29) is 0 Å². The molecule has 221 valence electrons. The van der Waals surface area contributed by atoms with Crippen molar-refractivity contribution in [3.8, 4) is 0 Å². The molecule has 1 heteroatoms. The minimum atomic E-state index is 0.401. The Morgan fingerprint density at radius 1 is 0.405 bits per heavy atom. The summed E-state index contributed by atoms with van der Waals surface area (Å²) in [5, 5.41) is 0. The molecule has 0 fully saturated rings. The lowest BCUT2D eigenvalue weighted by molar-refractivity contribution is -0.116. The highest BCUT2D eigenvalue weighted by Crippen LogP contribution is 2.16. The van der Waals surface area contributed by atoms with Crippen LogP contribution in [-0.4, -0.2) is 5.78 Å². The van der Waals surface area contributed by atoms with Crippen LogP contribution in [0.2, 0.25) is 0 Å². The van der Waals surface area contributed by atoms with Crippen LogP contribution >= 0.6 is 0 Å². The Hall–Kier alpha value is -0.330. The minimum absolute atomic E-state index is 0.401. The van der Waals surface area contributed by atoms with Crippen molar-refractivity contribution in [2.24, 2.45) is 11.8 Å². The molecule has 0 aromatic heterocycles. The molecule has 0 spiro atoms. The Labute approximate surface area is 236 Å². The van der Waals surface area contributed by atoms with E-state index < -0.39 is 0 Å². The summed E-state index contributed by atoms with van der Waals surface area (Å²) in [6, 6.07) is 0. The number of carbonyl (C=O) groups is 1. The van der Waals surface area contributed by atoms with Crippen molar-refractivity contribution in [1.82, 2.24) is 0 Å². The first-order chi connectivity index (χ1) is 18.0. The smallest absolute Gasteiger partial charge is 0.136 e. The standard InChI is InChI=1S/C36H71O/c1-34(2)30-26-22-18-14-10-6-5-7-12-16-20-24-28-32-36(37)33-29-25-21-17-13-9-8-11-15-19-23-27-31-35(3)4/h32,34-35H,5-31,33H2,1-4H3. The Morgan fingerprint density at radius 2 is 0.676 bits per heavy atom. The van der Waals surface area contributed by atoms with Gasteiger partial charge in [-0.25, -0.2) is 0 Å². The second-order valence-corrected chi connectivity index (χ2v) is 13.1. The summed E-state index contributed by atoms with van der Waals surface area (Å²) in [5.41, 5.74) is 0. The zero-order valence-corrected chi connectivity index (χ0v) is 26.4. The van der Waals surface area contributed by atoms with E-state index >= 15 is 0 Å². The van der Waals surface area contributed by atoms with Crippen LogP contribution in [0.4, 0.5) is 0 Å². The quantitative estimate of drug-likeness (QED) is 0.0832. The molecule has 0 aliphatic heterocycles. The Kier molecular flexibility index (Phi) is 29.9. The van der Waals surface area contributed by atoms with Gasteiger partial charge in [-0.05, 0) is 24.7 Å². The van der Waals surface area contributed by atoms with Crippen molar-refractivity contribution in [2.45, 2.75) is 207 Å². The highest BCUT2D eigenvalue weighted by Gasteiger charge is 2.03. The number of rotatable bonds is 31. The van der Waals surface area contributed by atoms with Crippen molar-refractivity contribution >= 4 is 5.78 Å². The van der Waals surface area contributed by atoms with Gasteiger partial charge in [0.2, 0.25) is 0 Å². The third-order valence-corrected chi connectivity index (χ3v) is 8.06. The van der Waals surface area contributed by atoms with Crippen molar-refractivity contribution in [3.63, 3.8) is 0 Å². The van der Waals surface area contributed by atoms with Gasteiger partial charge in [-0.3, -0.25) is 4.79 Å². The largest absolute Gasteiger partial charge is 0.299 e. The molecule has 0 unspecified atom stereocenters. The number of unbranched alkanes of at least 4 members (excludes halogenated alkanes) is 23. The summed E-state index contributed by atoms with van der Waals surface area (Å²) < 4.78 is 0. The topological polar surface area (TPSA) is 17.1 Å². The molecule has 0 heterocycles. The molecule has 0 rings (SSSR count). The van der Waals surface area contributed by atoms with E-state index in [9.17, 15) is 4.79 Å². The van der Waals surface area contributed by atoms with E-state index in [1.165, 1.54) is 161 Å². The third kappa shape index (κ3) is 33.6. The highest BCUT2D eigenvalue weighted by molar-refractivity contribution is 5.86. The second kappa shape index (κ2) is 30.2. The average Bonchev–Trinajstić information content (AvgIpc) is 2.86. The van der Waals surface area contributed by atoms with Gasteiger partial charge in [-0.2, -0.15) is 0 Å². The van der Waals surface area contributed by atoms with Crippen LogP contribution in [0.25, 0.3) is 0 Å². The molecular formula is C36H71O. The molecule has 0 atom stereocenters. The van der Waals surface area contributed by atoms with Gasteiger partial charge in [0.25, 0.3) is 0 Å². The number of hydrogen-bond acceptors (Lipinski definition) is 1. The zero-order chi connectivity index (χ0) is 27.2. The van der Waals surface area contributed by atoms with Crippen LogP contribution in [0.15, 0.2) is 0 Å². The maximum atomic E-state index is 12.1. The van der Waals surface area contributed by atoms with E-state index in [0.29, 0.717) is 5.78 Å². The van der Waals surface area contributed by atoms with Crippen molar-refractivity contribution in [2.75, 3.05) is 0 Å². The first-order valence-corrected chi connectivity index (χ1v) is 17.4. The van der Waals surface area contributed by atoms with Crippen LogP contribution in [0, 0.1) is 18.3 Å². The molecule has 1 nitrogen and oxygen atoms in total. The summed E-state index contributed by atoms with van der Waals surface area (Å²) >= 11 is 0. The van der Waals surface area contributed by atoms with E-state index in [1.54, 1.807) is 0 Å². The molecule has 0 aromatic carbocycles. The number of ketones is 1. The van der Waals surface area contributed by atoms with Gasteiger partial charge < -0.3 is 0 Å². The van der Waals surface area contributed by atoms with Gasteiger partial charge in [0.1, 0.15) is 5.78 Å². The van der Waals surface area contributed by atoms with Gasteiger partial charge in [0, 0.05) is 12.8 Å². The molecule has 0 amide bonds. The molecule has 0 N–H and O–H groups in total. The van der Waals surface area contributed by atoms with Crippen molar-refractivity contribution < 1.29 is 4.79 Å². The van der Waals surface area contributed by atoms with Crippen LogP contribution in [-0.2, 0) is 4.79 Å². The fraction of sp³-hybridized carbons (Fsp3) is 0.944. The maximum absolute atomic E-state index is 12.1. The summed E-state index contributed by atoms with van der Waals surface area (Å²) in [6.45, 7) is 9.33. The van der Waals surface area contributed by atoms with Gasteiger partial charge in [-0.1, -0.05) is 188 Å². The monoisotopic (exact) mass is 520 g/mol. The van der Waals surface area contributed by atoms with Crippen molar-refractivity contribution in [3.05, 3.63) is 6.42 Å². The molecular weight excluding hydrogens is 448 g/mol. The molecule has 1 radical (unpaired) electrons. The number of Topliss-reactive ketones (excluding diaryl/α,β-unsaturated/α-hetero) is 1. The molecule has 0 aliphatic rings. The Balaban J connectivity index is 3.16. The SMILES string of the molecule is CC(C)CCCCCCCCCCCCCC[CH]C(=O)CCCCCCCCCCCCCCC(C)C. The first kappa shape index (κ1) is 36.7. The predicted molar refractivity (Wildman–Crippen MR) is 168 cm³/mol. The van der Waals surface area contributed by atoms with E-state index in [1.807, 2.05) is 6.42 Å². The zero-order valence-electron chi connectivity index (χ0n) is 26.4. The van der Waals surface area contributed by atoms with Gasteiger partial charge >= 0.3 is 0 Å². The van der Waals surface area contributed by atoms with E-state index in [0.717, 1.165) is 31.1 Å². The van der Waals surface area contributed by atoms with Gasteiger partial charge in [0.05, 0.1) is 0 Å². The molecule has 0 saturated heterocycles. The first-order valence-electron chi connectivity index (χ1n) is 17.4. The van der Waals surface area contributed by atoms with Gasteiger partial charge in [0.15, 0.2) is 0 Å². The van der Waals surface area contributed by atoms with Crippen LogP contribution in [0.1, 0.15) is 207 Å². The van der Waals surface area contributed by atoms with E-state index in [2.05, 4.69) is 27.7 Å². The fourth-order valence-electron chi connectivity index (χ4n) is 5.45. The van der Waals surface area contributed by atoms with Crippen LogP contribution in [0.3, 0.4) is 0 Å². The molecule has 0 aromatic rings. The second-order valence-electron chi connectivity index (χ2n) is 13.1. The van der Waals surface area contributed by atoms with Crippen LogP contribution in [0.5, 0.6) is 0 Å². The lowest BCUT2D eigenvalue weighted by Crippen LogP contribution is -1.98. The Bertz CT molecular complexity index is 438. The van der Waals surface area contributed by atoms with Gasteiger partial charge in [-0.15, -0.1) is 0 Å². The van der Waals surface area contributed by atoms with Crippen molar-refractivity contribution in [1.29, 1.82) is 0 Å². The fourth-order valence-corrected chi connectivity index (χ4v) is 5.45. The maximum Gasteiger partial charge on any atom is 0.136 e. The summed E-state index contributed by atoms with van der Waals surface area (Å²) in [4.78, 5) is 12.1. The lowest BCUT2D eigenvalue weighted by atomic mass is 10.0. The third-order valence-electron chi connectivity index (χ3n) is 8.06. The number of hydrogen-bond donors (Lipinski definition) is 0. The average molecular weight is 520 g/mol. The minimum Gasteiger partial charge on any atom is -0.299 e. The summed E-state index contributed by atoms with van der Waals surface area (Å²) in [5.74, 6) is 2.15. The number of carbonyl (C=O) groups excluding carboxylic acids is 1.